The first-order valence-electron chi connectivity index (χ1n) is 6.57. The molecule has 0 bridgehead atoms. The van der Waals surface area contributed by atoms with Gasteiger partial charge in [0.25, 0.3) is 5.24 Å². The molecule has 6 heteroatoms. The number of hydrogen-bond acceptors (Lipinski definition) is 5. The largest absolute Gasteiger partial charge is 0.496 e. The van der Waals surface area contributed by atoms with Crippen molar-refractivity contribution in [2.24, 2.45) is 0 Å². The summed E-state index contributed by atoms with van der Waals surface area (Å²) in [7, 11) is 4.89. The highest BCUT2D eigenvalue weighted by Crippen LogP contribution is 2.41. The Hall–Kier alpha value is -1.69. The smallest absolute Gasteiger partial charge is 0.286 e. The molecule has 1 aliphatic heterocycles. The van der Waals surface area contributed by atoms with Crippen molar-refractivity contribution in [2.75, 3.05) is 21.2 Å². The van der Waals surface area contributed by atoms with Crippen LogP contribution in [0, 0.1) is 0 Å². The van der Waals surface area contributed by atoms with Gasteiger partial charge in [-0.2, -0.15) is 0 Å². The molecule has 0 N–H and O–H groups in total. The van der Waals surface area contributed by atoms with Gasteiger partial charge in [-0.05, 0) is 37.7 Å². The van der Waals surface area contributed by atoms with Crippen LogP contribution in [-0.4, -0.2) is 42.7 Å². The predicted molar refractivity (Wildman–Crippen MR) is 81.6 cm³/mol. The van der Waals surface area contributed by atoms with Crippen LogP contribution in [0.5, 0.6) is 11.5 Å². The lowest BCUT2D eigenvalue weighted by molar-refractivity contribution is 0.0617. The first-order valence-corrected chi connectivity index (χ1v) is 7.38. The average Bonchev–Trinajstić information content (AvgIpc) is 2.36. The van der Waals surface area contributed by atoms with E-state index in [9.17, 15) is 9.59 Å². The number of rotatable bonds is 2. The van der Waals surface area contributed by atoms with Crippen molar-refractivity contribution < 1.29 is 19.1 Å². The molecule has 1 aliphatic rings. The van der Waals surface area contributed by atoms with E-state index in [1.54, 1.807) is 26.2 Å². The zero-order valence-corrected chi connectivity index (χ0v) is 13.7. The third-order valence-corrected chi connectivity index (χ3v) is 4.18. The quantitative estimate of drug-likeness (QED) is 0.785. The van der Waals surface area contributed by atoms with Gasteiger partial charge >= 0.3 is 0 Å². The van der Waals surface area contributed by atoms with Crippen molar-refractivity contribution in [2.45, 2.75) is 30.8 Å². The molecule has 0 aliphatic carbocycles. The van der Waals surface area contributed by atoms with Gasteiger partial charge in [0.15, 0.2) is 5.78 Å². The fourth-order valence-electron chi connectivity index (χ4n) is 2.08. The molecular formula is C15H19NO4S. The van der Waals surface area contributed by atoms with Crippen LogP contribution in [0.3, 0.4) is 0 Å². The summed E-state index contributed by atoms with van der Waals surface area (Å²) in [5, 5.41) is -0.116. The van der Waals surface area contributed by atoms with Gasteiger partial charge in [0.1, 0.15) is 17.1 Å². The highest BCUT2D eigenvalue weighted by atomic mass is 32.2. The topological polar surface area (TPSA) is 55.8 Å². The molecule has 1 aromatic rings. The molecular weight excluding hydrogens is 290 g/mol. The molecule has 1 heterocycles. The van der Waals surface area contributed by atoms with Gasteiger partial charge in [0, 0.05) is 14.1 Å². The molecule has 0 fully saturated rings. The predicted octanol–water partition coefficient (Wildman–Crippen LogP) is 3.21. The van der Waals surface area contributed by atoms with Crippen LogP contribution in [0.1, 0.15) is 30.6 Å². The summed E-state index contributed by atoms with van der Waals surface area (Å²) in [5.74, 6) is 1.03. The molecule has 114 valence electrons. The first kappa shape index (κ1) is 15.7. The van der Waals surface area contributed by atoms with E-state index < -0.39 is 5.60 Å². The minimum absolute atomic E-state index is 0.0232. The number of ketones is 1. The van der Waals surface area contributed by atoms with E-state index in [4.69, 9.17) is 9.47 Å². The van der Waals surface area contributed by atoms with Crippen LogP contribution in [0.15, 0.2) is 17.0 Å². The number of nitrogens with zero attached hydrogens (tertiary/aromatic N) is 1. The number of carbonyl (C=O) groups is 2. The van der Waals surface area contributed by atoms with Gasteiger partial charge in [0.2, 0.25) is 0 Å². The summed E-state index contributed by atoms with van der Waals surface area (Å²) >= 11 is 1.05. The van der Waals surface area contributed by atoms with Crippen molar-refractivity contribution in [3.8, 4) is 11.5 Å². The second kappa shape index (κ2) is 5.60. The van der Waals surface area contributed by atoms with E-state index in [0.29, 0.717) is 28.4 Å². The Morgan fingerprint density at radius 1 is 1.38 bits per heavy atom. The summed E-state index contributed by atoms with van der Waals surface area (Å²) in [4.78, 5) is 26.2. The second-order valence-corrected chi connectivity index (χ2v) is 6.72. The maximum absolute atomic E-state index is 12.2. The molecule has 2 rings (SSSR count). The molecule has 0 aromatic heterocycles. The normalized spacial score (nSPS) is 16.0. The van der Waals surface area contributed by atoms with E-state index in [1.165, 1.54) is 12.0 Å². The number of thioether (sulfide) groups is 1. The van der Waals surface area contributed by atoms with Crippen molar-refractivity contribution in [3.05, 3.63) is 17.7 Å². The fourth-order valence-corrected chi connectivity index (χ4v) is 2.86. The molecule has 0 saturated carbocycles. The van der Waals surface area contributed by atoms with Gasteiger partial charge < -0.3 is 14.4 Å². The van der Waals surface area contributed by atoms with Crippen LogP contribution in [0.25, 0.3) is 0 Å². The monoisotopic (exact) mass is 309 g/mol. The summed E-state index contributed by atoms with van der Waals surface area (Å²) in [6, 6.07) is 3.36. The Kier molecular flexibility index (Phi) is 4.18. The zero-order valence-electron chi connectivity index (χ0n) is 12.9. The maximum Gasteiger partial charge on any atom is 0.286 e. The lowest BCUT2D eigenvalue weighted by atomic mass is 9.93. The van der Waals surface area contributed by atoms with Gasteiger partial charge in [0.05, 0.1) is 24.0 Å². The molecule has 0 unspecified atom stereocenters. The summed E-state index contributed by atoms with van der Waals surface area (Å²) in [6.07, 6.45) is 0.326. The lowest BCUT2D eigenvalue weighted by Crippen LogP contribution is -2.35. The van der Waals surface area contributed by atoms with Crippen LogP contribution >= 0.6 is 11.8 Å². The van der Waals surface area contributed by atoms with E-state index in [-0.39, 0.29) is 11.0 Å². The Bertz CT molecular complexity index is 596. The van der Waals surface area contributed by atoms with Crippen LogP contribution < -0.4 is 9.47 Å². The third kappa shape index (κ3) is 3.32. The van der Waals surface area contributed by atoms with Crippen molar-refractivity contribution in [1.82, 2.24) is 4.90 Å². The summed E-state index contributed by atoms with van der Waals surface area (Å²) in [5.41, 5.74) is -0.0283. The van der Waals surface area contributed by atoms with Crippen LogP contribution in [0.4, 0.5) is 4.79 Å². The molecule has 0 radical (unpaired) electrons. The summed E-state index contributed by atoms with van der Waals surface area (Å²) in [6.45, 7) is 3.74. The standard InChI is InChI=1S/C15H19NO4S/c1-15(2)8-10(17)9-6-12(19-5)13(7-11(9)20-15)21-14(18)16(3)4/h6-7H,8H2,1-5H3. The number of benzene rings is 1. The number of carbonyl (C=O) groups excluding carboxylic acids is 2. The maximum atomic E-state index is 12.2. The Morgan fingerprint density at radius 3 is 2.62 bits per heavy atom. The van der Waals surface area contributed by atoms with Crippen molar-refractivity contribution in [3.63, 3.8) is 0 Å². The second-order valence-electron chi connectivity index (χ2n) is 5.72. The van der Waals surface area contributed by atoms with Crippen molar-refractivity contribution >= 4 is 22.8 Å². The summed E-state index contributed by atoms with van der Waals surface area (Å²) < 4.78 is 11.2. The number of Topliss-reactive ketones (excluding diaryl/α,β-unsaturated/α-hetero) is 1. The molecule has 1 amide bonds. The molecule has 0 spiro atoms. The van der Waals surface area contributed by atoms with E-state index in [2.05, 4.69) is 0 Å². The number of fused-ring (bicyclic) bond motifs is 1. The third-order valence-electron chi connectivity index (χ3n) is 3.10. The highest BCUT2D eigenvalue weighted by Gasteiger charge is 2.33. The molecule has 5 nitrogen and oxygen atoms in total. The Labute approximate surface area is 128 Å². The Balaban J connectivity index is 2.44. The minimum Gasteiger partial charge on any atom is -0.496 e. The van der Waals surface area contributed by atoms with Gasteiger partial charge in [-0.3, -0.25) is 9.59 Å². The molecule has 0 atom stereocenters. The number of hydrogen-bond donors (Lipinski definition) is 0. The number of amides is 1. The molecule has 21 heavy (non-hydrogen) atoms. The SMILES string of the molecule is COc1cc2c(cc1SC(=O)N(C)C)OC(C)(C)CC2=O. The van der Waals surface area contributed by atoms with E-state index in [0.717, 1.165) is 11.8 Å². The molecule has 0 saturated heterocycles. The van der Waals surface area contributed by atoms with E-state index >= 15 is 0 Å². The highest BCUT2D eigenvalue weighted by molar-refractivity contribution is 8.13. The number of methoxy groups -OCH3 is 1. The Morgan fingerprint density at radius 2 is 2.05 bits per heavy atom. The van der Waals surface area contributed by atoms with E-state index in [1.807, 2.05) is 13.8 Å². The first-order chi connectivity index (χ1) is 9.73. The van der Waals surface area contributed by atoms with Gasteiger partial charge in [-0.15, -0.1) is 0 Å². The van der Waals surface area contributed by atoms with Crippen LogP contribution in [0.2, 0.25) is 0 Å². The zero-order chi connectivity index (χ0) is 15.8. The average molecular weight is 309 g/mol. The van der Waals surface area contributed by atoms with Crippen LogP contribution in [-0.2, 0) is 0 Å². The minimum atomic E-state index is -0.536. The molecule has 1 aromatic carbocycles. The van der Waals surface area contributed by atoms with Gasteiger partial charge in [-0.1, -0.05) is 0 Å². The van der Waals surface area contributed by atoms with Gasteiger partial charge in [-0.25, -0.2) is 0 Å². The van der Waals surface area contributed by atoms with Crippen molar-refractivity contribution in [1.29, 1.82) is 0 Å². The fraction of sp³-hybridized carbons (Fsp3) is 0.467. The lowest BCUT2D eigenvalue weighted by Gasteiger charge is -2.32. The number of ether oxygens (including phenoxy) is 2.